The smallest absolute Gasteiger partial charge is 0.270 e. The molecule has 5 heteroatoms. The molecule has 1 aromatic carbocycles. The molecule has 0 aliphatic heterocycles. The second-order valence-corrected chi connectivity index (χ2v) is 6.83. The van der Waals surface area contributed by atoms with Gasteiger partial charge < -0.3 is 10.6 Å². The fourth-order valence-corrected chi connectivity index (χ4v) is 2.24. The number of aryl methyl sites for hydroxylation is 3. The van der Waals surface area contributed by atoms with Crippen LogP contribution in [0.3, 0.4) is 0 Å². The third-order valence-corrected chi connectivity index (χ3v) is 3.20. The van der Waals surface area contributed by atoms with Crippen LogP contribution in [0.25, 0.3) is 0 Å². The second-order valence-electron chi connectivity index (χ2n) is 6.83. The Morgan fingerprint density at radius 1 is 1.04 bits per heavy atom. The van der Waals surface area contributed by atoms with Crippen molar-refractivity contribution in [2.45, 2.75) is 47.1 Å². The Bertz CT molecular complexity index is 732. The van der Waals surface area contributed by atoms with E-state index in [4.69, 9.17) is 0 Å². The first-order valence-corrected chi connectivity index (χ1v) is 7.66. The maximum atomic E-state index is 12.3. The molecule has 0 saturated carbocycles. The number of amides is 1. The van der Waals surface area contributed by atoms with E-state index in [-0.39, 0.29) is 11.4 Å². The molecule has 1 heterocycles. The molecule has 0 aliphatic rings. The van der Waals surface area contributed by atoms with Crippen molar-refractivity contribution < 1.29 is 4.79 Å². The van der Waals surface area contributed by atoms with E-state index in [2.05, 4.69) is 33.6 Å². The van der Waals surface area contributed by atoms with Gasteiger partial charge in [-0.1, -0.05) is 17.7 Å². The third-order valence-electron chi connectivity index (χ3n) is 3.20. The molecule has 122 valence electrons. The minimum Gasteiger partial charge on any atom is -0.346 e. The first kappa shape index (κ1) is 16.9. The summed E-state index contributed by atoms with van der Waals surface area (Å²) in [6, 6.07) is 7.82. The molecule has 0 atom stereocenters. The topological polar surface area (TPSA) is 66.9 Å². The van der Waals surface area contributed by atoms with Gasteiger partial charge in [0, 0.05) is 17.3 Å². The molecule has 0 saturated heterocycles. The van der Waals surface area contributed by atoms with Crippen molar-refractivity contribution >= 4 is 17.4 Å². The Balaban J connectivity index is 2.28. The summed E-state index contributed by atoms with van der Waals surface area (Å²) in [4.78, 5) is 20.9. The minimum atomic E-state index is -0.308. The Kier molecular flexibility index (Phi) is 4.68. The van der Waals surface area contributed by atoms with Crippen molar-refractivity contribution in [2.75, 3.05) is 5.32 Å². The number of aromatic nitrogens is 2. The van der Waals surface area contributed by atoms with Crippen LogP contribution in [0.5, 0.6) is 0 Å². The number of carbonyl (C=O) groups excluding carboxylic acids is 1. The maximum Gasteiger partial charge on any atom is 0.270 e. The predicted octanol–water partition coefficient (Wildman–Crippen LogP) is 3.67. The largest absolute Gasteiger partial charge is 0.346 e. The lowest BCUT2D eigenvalue weighted by molar-refractivity contribution is 0.0914. The number of nitrogens with one attached hydrogen (secondary N) is 2. The number of anilines is 2. The van der Waals surface area contributed by atoms with Crippen LogP contribution < -0.4 is 10.6 Å². The van der Waals surface area contributed by atoms with Gasteiger partial charge in [-0.3, -0.25) is 4.79 Å². The molecule has 0 aliphatic carbocycles. The van der Waals surface area contributed by atoms with Gasteiger partial charge in [0.05, 0.1) is 0 Å². The molecule has 23 heavy (non-hydrogen) atoms. The van der Waals surface area contributed by atoms with Crippen molar-refractivity contribution in [2.24, 2.45) is 0 Å². The molecular formula is C18H24N4O. The van der Waals surface area contributed by atoms with Crippen LogP contribution in [0.15, 0.2) is 24.3 Å². The van der Waals surface area contributed by atoms with E-state index in [1.165, 1.54) is 5.56 Å². The quantitative estimate of drug-likeness (QED) is 0.907. The number of hydrogen-bond donors (Lipinski definition) is 2. The zero-order valence-electron chi connectivity index (χ0n) is 14.6. The van der Waals surface area contributed by atoms with Gasteiger partial charge in [0.25, 0.3) is 5.91 Å². The van der Waals surface area contributed by atoms with Crippen LogP contribution in [0.1, 0.15) is 48.2 Å². The van der Waals surface area contributed by atoms with Crippen molar-refractivity contribution in [1.29, 1.82) is 0 Å². The zero-order chi connectivity index (χ0) is 17.2. The molecule has 2 aromatic rings. The van der Waals surface area contributed by atoms with Crippen molar-refractivity contribution in [3.05, 3.63) is 46.9 Å². The fraction of sp³-hybridized carbons (Fsp3) is 0.389. The van der Waals surface area contributed by atoms with E-state index in [0.29, 0.717) is 17.3 Å². The molecule has 0 fully saturated rings. The van der Waals surface area contributed by atoms with Gasteiger partial charge in [-0.25, -0.2) is 9.97 Å². The van der Waals surface area contributed by atoms with E-state index >= 15 is 0 Å². The molecule has 2 N–H and O–H groups in total. The van der Waals surface area contributed by atoms with E-state index in [1.54, 1.807) is 13.0 Å². The Labute approximate surface area is 137 Å². The summed E-state index contributed by atoms with van der Waals surface area (Å²) in [5.74, 6) is 0.967. The predicted molar refractivity (Wildman–Crippen MR) is 93.2 cm³/mol. The van der Waals surface area contributed by atoms with Gasteiger partial charge in [-0.05, 0) is 53.2 Å². The summed E-state index contributed by atoms with van der Waals surface area (Å²) in [5, 5.41) is 6.18. The van der Waals surface area contributed by atoms with E-state index in [0.717, 1.165) is 11.3 Å². The summed E-state index contributed by atoms with van der Waals surface area (Å²) < 4.78 is 0. The summed E-state index contributed by atoms with van der Waals surface area (Å²) >= 11 is 0. The monoisotopic (exact) mass is 312 g/mol. The molecule has 1 amide bonds. The molecule has 0 bridgehead atoms. The molecule has 1 aromatic heterocycles. The maximum absolute atomic E-state index is 12.3. The van der Waals surface area contributed by atoms with Crippen molar-refractivity contribution in [3.8, 4) is 0 Å². The van der Waals surface area contributed by atoms with Gasteiger partial charge in [0.2, 0.25) is 0 Å². The highest BCUT2D eigenvalue weighted by Crippen LogP contribution is 2.21. The highest BCUT2D eigenvalue weighted by molar-refractivity contribution is 5.93. The second kappa shape index (κ2) is 6.36. The lowest BCUT2D eigenvalue weighted by Crippen LogP contribution is -2.41. The van der Waals surface area contributed by atoms with Gasteiger partial charge >= 0.3 is 0 Å². The normalized spacial score (nSPS) is 11.2. The average Bonchev–Trinajstić information content (AvgIpc) is 2.39. The molecule has 5 nitrogen and oxygen atoms in total. The Morgan fingerprint density at radius 3 is 2.35 bits per heavy atom. The minimum absolute atomic E-state index is 0.202. The van der Waals surface area contributed by atoms with Gasteiger partial charge in [0.15, 0.2) is 0 Å². The van der Waals surface area contributed by atoms with Gasteiger partial charge in [-0.15, -0.1) is 0 Å². The Morgan fingerprint density at radius 2 is 1.74 bits per heavy atom. The molecule has 0 spiro atoms. The SMILES string of the molecule is Cc1ccc(Nc2cc(C(=O)NC(C)(C)C)nc(C)n2)c(C)c1. The number of rotatable bonds is 3. The lowest BCUT2D eigenvalue weighted by Gasteiger charge is -2.20. The highest BCUT2D eigenvalue weighted by atomic mass is 16.2. The van der Waals surface area contributed by atoms with E-state index in [1.807, 2.05) is 39.8 Å². The van der Waals surface area contributed by atoms with E-state index < -0.39 is 0 Å². The van der Waals surface area contributed by atoms with Crippen LogP contribution in [0.2, 0.25) is 0 Å². The standard InChI is InChI=1S/C18H24N4O/c1-11-7-8-14(12(2)9-11)21-16-10-15(19-13(3)20-16)17(23)22-18(4,5)6/h7-10H,1-6H3,(H,22,23)(H,19,20,21). The Hall–Kier alpha value is -2.43. The van der Waals surface area contributed by atoms with E-state index in [9.17, 15) is 4.79 Å². The van der Waals surface area contributed by atoms with Gasteiger partial charge in [0.1, 0.15) is 17.3 Å². The lowest BCUT2D eigenvalue weighted by atomic mass is 10.1. The number of benzene rings is 1. The van der Waals surface area contributed by atoms with Crippen LogP contribution >= 0.6 is 0 Å². The van der Waals surface area contributed by atoms with Crippen LogP contribution in [-0.2, 0) is 0 Å². The zero-order valence-corrected chi connectivity index (χ0v) is 14.6. The van der Waals surface area contributed by atoms with Crippen LogP contribution in [0, 0.1) is 20.8 Å². The first-order valence-electron chi connectivity index (χ1n) is 7.66. The molecule has 2 rings (SSSR count). The number of nitrogens with zero attached hydrogens (tertiary/aromatic N) is 2. The van der Waals surface area contributed by atoms with Gasteiger partial charge in [-0.2, -0.15) is 0 Å². The summed E-state index contributed by atoms with van der Waals surface area (Å²) in [6.45, 7) is 11.7. The first-order chi connectivity index (χ1) is 10.6. The van der Waals surface area contributed by atoms with Crippen molar-refractivity contribution in [1.82, 2.24) is 15.3 Å². The summed E-state index contributed by atoms with van der Waals surface area (Å²) in [6.07, 6.45) is 0. The highest BCUT2D eigenvalue weighted by Gasteiger charge is 2.17. The average molecular weight is 312 g/mol. The van der Waals surface area contributed by atoms with Crippen LogP contribution in [-0.4, -0.2) is 21.4 Å². The number of hydrogen-bond acceptors (Lipinski definition) is 4. The molecular weight excluding hydrogens is 288 g/mol. The summed E-state index contributed by atoms with van der Waals surface area (Å²) in [5.41, 5.74) is 3.35. The van der Waals surface area contributed by atoms with Crippen LogP contribution in [0.4, 0.5) is 11.5 Å². The summed E-state index contributed by atoms with van der Waals surface area (Å²) in [7, 11) is 0. The number of carbonyl (C=O) groups is 1. The molecule has 0 unspecified atom stereocenters. The van der Waals surface area contributed by atoms with Crippen molar-refractivity contribution in [3.63, 3.8) is 0 Å². The molecule has 0 radical (unpaired) electrons. The third kappa shape index (κ3) is 4.77. The fourth-order valence-electron chi connectivity index (χ4n) is 2.24.